The zero-order valence-electron chi connectivity index (χ0n) is 7.94. The fraction of sp³-hybridized carbons (Fsp3) is 0.400. The predicted octanol–water partition coefficient (Wildman–Crippen LogP) is 1.87. The summed E-state index contributed by atoms with van der Waals surface area (Å²) in [5.74, 6) is 0. The normalized spacial score (nSPS) is 15.6. The minimum Gasteiger partial charge on any atom is -0.349 e. The van der Waals surface area contributed by atoms with Gasteiger partial charge in [0.2, 0.25) is 0 Å². The lowest BCUT2D eigenvalue weighted by atomic mass is 10.4. The number of thiocarbonyl (C=S) groups is 1. The largest absolute Gasteiger partial charge is 0.349 e. The van der Waals surface area contributed by atoms with Crippen molar-refractivity contribution in [1.29, 1.82) is 0 Å². The van der Waals surface area contributed by atoms with Gasteiger partial charge in [-0.05, 0) is 37.2 Å². The van der Waals surface area contributed by atoms with Gasteiger partial charge in [-0.15, -0.1) is 0 Å². The van der Waals surface area contributed by atoms with Crippen LogP contribution >= 0.6 is 12.2 Å². The first-order chi connectivity index (χ1) is 6.86. The van der Waals surface area contributed by atoms with Gasteiger partial charge in [-0.1, -0.05) is 0 Å². The van der Waals surface area contributed by atoms with Crippen molar-refractivity contribution in [3.05, 3.63) is 24.5 Å². The van der Waals surface area contributed by atoms with Crippen LogP contribution in [0.3, 0.4) is 0 Å². The Morgan fingerprint density at radius 3 is 2.86 bits per heavy atom. The smallest absolute Gasteiger partial charge is 0.173 e. The summed E-state index contributed by atoms with van der Waals surface area (Å²) < 4.78 is 0. The lowest BCUT2D eigenvalue weighted by molar-refractivity contribution is 0.528. The number of anilines is 1. The molecule has 2 heterocycles. The summed E-state index contributed by atoms with van der Waals surface area (Å²) in [6.45, 7) is 2.15. The van der Waals surface area contributed by atoms with Crippen molar-refractivity contribution in [3.8, 4) is 0 Å². The fourth-order valence-electron chi connectivity index (χ4n) is 1.56. The molecule has 0 atom stereocenters. The van der Waals surface area contributed by atoms with E-state index in [4.69, 9.17) is 12.2 Å². The molecule has 2 rings (SSSR count). The SMILES string of the molecule is S=C(Nc1cccnc1)N1CCCC1. The van der Waals surface area contributed by atoms with Gasteiger partial charge in [0.05, 0.1) is 11.9 Å². The van der Waals surface area contributed by atoms with E-state index in [2.05, 4.69) is 15.2 Å². The van der Waals surface area contributed by atoms with E-state index in [1.807, 2.05) is 12.1 Å². The molecule has 1 aliphatic rings. The van der Waals surface area contributed by atoms with Gasteiger partial charge >= 0.3 is 0 Å². The van der Waals surface area contributed by atoms with Gasteiger partial charge in [-0.25, -0.2) is 0 Å². The monoisotopic (exact) mass is 207 g/mol. The maximum absolute atomic E-state index is 5.28. The Morgan fingerprint density at radius 1 is 1.43 bits per heavy atom. The highest BCUT2D eigenvalue weighted by molar-refractivity contribution is 7.80. The quantitative estimate of drug-likeness (QED) is 0.712. The number of nitrogens with zero attached hydrogens (tertiary/aromatic N) is 2. The Hall–Kier alpha value is -1.16. The zero-order valence-corrected chi connectivity index (χ0v) is 8.76. The van der Waals surface area contributed by atoms with Crippen molar-refractivity contribution in [2.24, 2.45) is 0 Å². The lowest BCUT2D eigenvalue weighted by Gasteiger charge is -2.19. The number of likely N-dealkylation sites (tertiary alicyclic amines) is 1. The average molecular weight is 207 g/mol. The third kappa shape index (κ3) is 2.20. The van der Waals surface area contributed by atoms with E-state index in [1.165, 1.54) is 12.8 Å². The van der Waals surface area contributed by atoms with Crippen LogP contribution in [0.4, 0.5) is 5.69 Å². The highest BCUT2D eigenvalue weighted by Gasteiger charge is 2.14. The summed E-state index contributed by atoms with van der Waals surface area (Å²) >= 11 is 5.28. The van der Waals surface area contributed by atoms with Crippen molar-refractivity contribution in [3.63, 3.8) is 0 Å². The second-order valence-corrected chi connectivity index (χ2v) is 3.75. The molecule has 0 aromatic carbocycles. The van der Waals surface area contributed by atoms with Gasteiger partial charge in [0.15, 0.2) is 5.11 Å². The van der Waals surface area contributed by atoms with Crippen LogP contribution in [0.1, 0.15) is 12.8 Å². The fourth-order valence-corrected chi connectivity index (χ4v) is 1.86. The third-order valence-electron chi connectivity index (χ3n) is 2.31. The molecule has 1 aromatic rings. The molecular formula is C10H13N3S. The van der Waals surface area contributed by atoms with E-state index in [9.17, 15) is 0 Å². The molecule has 74 valence electrons. The maximum Gasteiger partial charge on any atom is 0.173 e. The minimum absolute atomic E-state index is 0.815. The maximum atomic E-state index is 5.28. The van der Waals surface area contributed by atoms with Gasteiger partial charge in [-0.3, -0.25) is 4.98 Å². The summed E-state index contributed by atoms with van der Waals surface area (Å²) in [5.41, 5.74) is 0.962. The summed E-state index contributed by atoms with van der Waals surface area (Å²) in [4.78, 5) is 6.22. The molecule has 0 spiro atoms. The van der Waals surface area contributed by atoms with Crippen LogP contribution in [-0.4, -0.2) is 28.1 Å². The zero-order chi connectivity index (χ0) is 9.80. The Kier molecular flexibility index (Phi) is 2.93. The molecule has 14 heavy (non-hydrogen) atoms. The van der Waals surface area contributed by atoms with Crippen LogP contribution in [0.15, 0.2) is 24.5 Å². The van der Waals surface area contributed by atoms with Crippen LogP contribution < -0.4 is 5.32 Å². The highest BCUT2D eigenvalue weighted by Crippen LogP contribution is 2.10. The van der Waals surface area contributed by atoms with Crippen molar-refractivity contribution < 1.29 is 0 Å². The molecule has 0 aliphatic carbocycles. The van der Waals surface area contributed by atoms with Crippen molar-refractivity contribution in [2.45, 2.75) is 12.8 Å². The molecule has 3 nitrogen and oxygen atoms in total. The standard InChI is InChI=1S/C10H13N3S/c14-10(13-6-1-2-7-13)12-9-4-3-5-11-8-9/h3-5,8H,1-2,6-7H2,(H,12,14). The number of rotatable bonds is 1. The molecular weight excluding hydrogens is 194 g/mol. The molecule has 1 N–H and O–H groups in total. The number of hydrogen-bond donors (Lipinski definition) is 1. The first-order valence-electron chi connectivity index (χ1n) is 4.82. The molecule has 0 amide bonds. The molecule has 0 radical (unpaired) electrons. The van der Waals surface area contributed by atoms with E-state index >= 15 is 0 Å². The summed E-state index contributed by atoms with van der Waals surface area (Å²) in [6, 6.07) is 3.87. The van der Waals surface area contributed by atoms with E-state index in [0.717, 1.165) is 23.9 Å². The van der Waals surface area contributed by atoms with Crippen molar-refractivity contribution in [2.75, 3.05) is 18.4 Å². The number of aromatic nitrogens is 1. The van der Waals surface area contributed by atoms with Crippen molar-refractivity contribution in [1.82, 2.24) is 9.88 Å². The Balaban J connectivity index is 1.94. The minimum atomic E-state index is 0.815. The topological polar surface area (TPSA) is 28.2 Å². The first-order valence-corrected chi connectivity index (χ1v) is 5.23. The number of hydrogen-bond acceptors (Lipinski definition) is 2. The average Bonchev–Trinajstić information content (AvgIpc) is 2.72. The van der Waals surface area contributed by atoms with Crippen LogP contribution in [0.25, 0.3) is 0 Å². The van der Waals surface area contributed by atoms with Gasteiger partial charge in [0.25, 0.3) is 0 Å². The molecule has 0 unspecified atom stereocenters. The van der Waals surface area contributed by atoms with Crippen LogP contribution in [0, 0.1) is 0 Å². The Bertz CT molecular complexity index is 306. The molecule has 1 saturated heterocycles. The second kappa shape index (κ2) is 4.37. The molecule has 1 aromatic heterocycles. The third-order valence-corrected chi connectivity index (χ3v) is 2.67. The molecule has 1 fully saturated rings. The van der Waals surface area contributed by atoms with E-state index in [1.54, 1.807) is 12.4 Å². The highest BCUT2D eigenvalue weighted by atomic mass is 32.1. The van der Waals surface area contributed by atoms with Crippen molar-refractivity contribution >= 4 is 23.0 Å². The predicted molar refractivity (Wildman–Crippen MR) is 61.3 cm³/mol. The van der Waals surface area contributed by atoms with Gasteiger partial charge < -0.3 is 10.2 Å². The van der Waals surface area contributed by atoms with Crippen LogP contribution in [-0.2, 0) is 0 Å². The van der Waals surface area contributed by atoms with E-state index in [-0.39, 0.29) is 0 Å². The van der Waals surface area contributed by atoms with E-state index in [0.29, 0.717) is 0 Å². The number of pyridine rings is 1. The van der Waals surface area contributed by atoms with E-state index < -0.39 is 0 Å². The Morgan fingerprint density at radius 2 is 2.21 bits per heavy atom. The molecule has 4 heteroatoms. The lowest BCUT2D eigenvalue weighted by Crippen LogP contribution is -2.31. The first kappa shape index (κ1) is 9.40. The van der Waals surface area contributed by atoms with Gasteiger partial charge in [-0.2, -0.15) is 0 Å². The molecule has 0 bridgehead atoms. The summed E-state index contributed by atoms with van der Waals surface area (Å²) in [7, 11) is 0. The second-order valence-electron chi connectivity index (χ2n) is 3.37. The van der Waals surface area contributed by atoms with Gasteiger partial charge in [0.1, 0.15) is 0 Å². The Labute approximate surface area is 89.1 Å². The van der Waals surface area contributed by atoms with Crippen LogP contribution in [0.2, 0.25) is 0 Å². The number of nitrogens with one attached hydrogen (secondary N) is 1. The molecule has 1 aliphatic heterocycles. The molecule has 0 saturated carbocycles. The summed E-state index contributed by atoms with van der Waals surface area (Å²) in [6.07, 6.45) is 6.02. The summed E-state index contributed by atoms with van der Waals surface area (Å²) in [5, 5.41) is 3.99. The van der Waals surface area contributed by atoms with Gasteiger partial charge in [0, 0.05) is 19.3 Å². The van der Waals surface area contributed by atoms with Crippen LogP contribution in [0.5, 0.6) is 0 Å².